The summed E-state index contributed by atoms with van der Waals surface area (Å²) in [6.07, 6.45) is 4.37. The van der Waals surface area contributed by atoms with Crippen LogP contribution in [0.4, 0.5) is 0 Å². The Morgan fingerprint density at radius 2 is 2.14 bits per heavy atom. The molecule has 0 unspecified atom stereocenters. The van der Waals surface area contributed by atoms with E-state index in [-0.39, 0.29) is 0 Å². The first-order valence-electron chi connectivity index (χ1n) is 5.69. The molecule has 1 rings (SSSR count). The standard InChI is InChI=1S/C11H21N3/c1-2-8-14-9-4-11(5-10-14)13-7-3-6-12/h11,13H,2-5,7-10H2,1H3. The maximum absolute atomic E-state index is 8.41. The molecule has 0 saturated carbocycles. The van der Waals surface area contributed by atoms with E-state index < -0.39 is 0 Å². The number of piperidine rings is 1. The van der Waals surface area contributed by atoms with Gasteiger partial charge in [-0.3, -0.25) is 0 Å². The molecule has 3 heteroatoms. The van der Waals surface area contributed by atoms with Crippen molar-refractivity contribution in [1.82, 2.24) is 10.2 Å². The molecule has 1 fully saturated rings. The van der Waals surface area contributed by atoms with E-state index in [2.05, 4.69) is 23.2 Å². The quantitative estimate of drug-likeness (QED) is 0.673. The summed E-state index contributed by atoms with van der Waals surface area (Å²) in [5, 5.41) is 11.8. The van der Waals surface area contributed by atoms with Crippen LogP contribution in [0.3, 0.4) is 0 Å². The van der Waals surface area contributed by atoms with Gasteiger partial charge in [-0.25, -0.2) is 0 Å². The molecule has 0 aromatic rings. The predicted octanol–water partition coefficient (Wildman–Crippen LogP) is 1.36. The van der Waals surface area contributed by atoms with Crippen LogP contribution in [0.1, 0.15) is 32.6 Å². The molecular formula is C11H21N3. The van der Waals surface area contributed by atoms with Gasteiger partial charge in [0.2, 0.25) is 0 Å². The van der Waals surface area contributed by atoms with Gasteiger partial charge in [0.25, 0.3) is 0 Å². The molecule has 3 nitrogen and oxygen atoms in total. The zero-order valence-corrected chi connectivity index (χ0v) is 9.13. The van der Waals surface area contributed by atoms with Gasteiger partial charge in [0.15, 0.2) is 0 Å². The van der Waals surface area contributed by atoms with Crippen molar-refractivity contribution in [3.05, 3.63) is 0 Å². The monoisotopic (exact) mass is 195 g/mol. The molecule has 0 aromatic heterocycles. The van der Waals surface area contributed by atoms with Gasteiger partial charge in [-0.1, -0.05) is 6.92 Å². The third-order valence-electron chi connectivity index (χ3n) is 2.80. The number of hydrogen-bond donors (Lipinski definition) is 1. The van der Waals surface area contributed by atoms with Crippen LogP contribution in [0.25, 0.3) is 0 Å². The predicted molar refractivity (Wildman–Crippen MR) is 58.0 cm³/mol. The maximum Gasteiger partial charge on any atom is 0.0635 e. The normalized spacial score (nSPS) is 19.4. The first-order chi connectivity index (χ1) is 6.86. The third kappa shape index (κ3) is 4.08. The molecule has 14 heavy (non-hydrogen) atoms. The van der Waals surface area contributed by atoms with Crippen molar-refractivity contribution in [3.8, 4) is 6.07 Å². The van der Waals surface area contributed by atoms with Gasteiger partial charge < -0.3 is 10.2 Å². The summed E-state index contributed by atoms with van der Waals surface area (Å²) < 4.78 is 0. The fraction of sp³-hybridized carbons (Fsp3) is 0.909. The summed E-state index contributed by atoms with van der Waals surface area (Å²) in [7, 11) is 0. The van der Waals surface area contributed by atoms with Gasteiger partial charge in [0.1, 0.15) is 0 Å². The number of rotatable bonds is 5. The van der Waals surface area contributed by atoms with Crippen LogP contribution in [0.5, 0.6) is 0 Å². The zero-order chi connectivity index (χ0) is 10.2. The fourth-order valence-electron chi connectivity index (χ4n) is 2.01. The van der Waals surface area contributed by atoms with Crippen molar-refractivity contribution in [2.24, 2.45) is 0 Å². The Hall–Kier alpha value is -0.590. The Morgan fingerprint density at radius 3 is 2.71 bits per heavy atom. The number of likely N-dealkylation sites (tertiary alicyclic amines) is 1. The maximum atomic E-state index is 8.41. The van der Waals surface area contributed by atoms with Crippen LogP contribution in [-0.2, 0) is 0 Å². The van der Waals surface area contributed by atoms with E-state index in [9.17, 15) is 0 Å². The second-order valence-electron chi connectivity index (χ2n) is 3.98. The van der Waals surface area contributed by atoms with E-state index in [1.807, 2.05) is 0 Å². The first kappa shape index (κ1) is 11.5. The van der Waals surface area contributed by atoms with Crippen molar-refractivity contribution < 1.29 is 0 Å². The van der Waals surface area contributed by atoms with Crippen LogP contribution in [0.2, 0.25) is 0 Å². The zero-order valence-electron chi connectivity index (χ0n) is 9.13. The van der Waals surface area contributed by atoms with Gasteiger partial charge in [-0.05, 0) is 38.9 Å². The molecule has 1 aliphatic heterocycles. The molecule has 80 valence electrons. The SMILES string of the molecule is CCCN1CCC(NCCC#N)CC1. The number of nitriles is 1. The Kier molecular flexibility index (Phi) is 5.58. The van der Waals surface area contributed by atoms with E-state index in [1.54, 1.807) is 0 Å². The third-order valence-corrected chi connectivity index (χ3v) is 2.80. The highest BCUT2D eigenvalue weighted by molar-refractivity contribution is 4.79. The first-order valence-corrected chi connectivity index (χ1v) is 5.69. The topological polar surface area (TPSA) is 39.1 Å². The van der Waals surface area contributed by atoms with Gasteiger partial charge in [-0.15, -0.1) is 0 Å². The minimum absolute atomic E-state index is 0.634. The van der Waals surface area contributed by atoms with Crippen molar-refractivity contribution in [3.63, 3.8) is 0 Å². The Bertz CT molecular complexity index is 177. The molecule has 1 aliphatic rings. The fourth-order valence-corrected chi connectivity index (χ4v) is 2.01. The Labute approximate surface area is 87.1 Å². The second-order valence-corrected chi connectivity index (χ2v) is 3.98. The lowest BCUT2D eigenvalue weighted by Gasteiger charge is -2.32. The van der Waals surface area contributed by atoms with E-state index >= 15 is 0 Å². The summed E-state index contributed by atoms with van der Waals surface area (Å²) in [4.78, 5) is 2.53. The molecule has 0 spiro atoms. The highest BCUT2D eigenvalue weighted by atomic mass is 15.1. The van der Waals surface area contributed by atoms with Crippen LogP contribution >= 0.6 is 0 Å². The molecule has 0 amide bonds. The lowest BCUT2D eigenvalue weighted by atomic mass is 10.0. The molecule has 1 N–H and O–H groups in total. The average Bonchev–Trinajstić information content (AvgIpc) is 2.21. The Balaban J connectivity index is 2.07. The molecule has 1 heterocycles. The van der Waals surface area contributed by atoms with Crippen molar-refractivity contribution in [2.45, 2.75) is 38.6 Å². The molecule has 0 radical (unpaired) electrons. The lowest BCUT2D eigenvalue weighted by molar-refractivity contribution is 0.199. The molecule has 0 aromatic carbocycles. The summed E-state index contributed by atoms with van der Waals surface area (Å²) in [5.74, 6) is 0. The van der Waals surface area contributed by atoms with Gasteiger partial charge >= 0.3 is 0 Å². The highest BCUT2D eigenvalue weighted by Gasteiger charge is 2.17. The molecule has 1 saturated heterocycles. The highest BCUT2D eigenvalue weighted by Crippen LogP contribution is 2.10. The summed E-state index contributed by atoms with van der Waals surface area (Å²) in [6.45, 7) is 6.77. The van der Waals surface area contributed by atoms with Crippen molar-refractivity contribution >= 4 is 0 Å². The summed E-state index contributed by atoms with van der Waals surface area (Å²) in [5.41, 5.74) is 0. The molecular weight excluding hydrogens is 174 g/mol. The van der Waals surface area contributed by atoms with Crippen molar-refractivity contribution in [1.29, 1.82) is 5.26 Å². The average molecular weight is 195 g/mol. The van der Waals surface area contributed by atoms with E-state index in [0.717, 1.165) is 6.54 Å². The Morgan fingerprint density at radius 1 is 1.43 bits per heavy atom. The molecule has 0 aliphatic carbocycles. The second kappa shape index (κ2) is 6.80. The molecule has 0 bridgehead atoms. The van der Waals surface area contributed by atoms with Gasteiger partial charge in [0.05, 0.1) is 6.07 Å². The number of nitrogens with zero attached hydrogens (tertiary/aromatic N) is 2. The minimum atomic E-state index is 0.634. The van der Waals surface area contributed by atoms with E-state index in [1.165, 1.54) is 38.9 Å². The van der Waals surface area contributed by atoms with Crippen LogP contribution in [-0.4, -0.2) is 37.1 Å². The van der Waals surface area contributed by atoms with Crippen LogP contribution in [0.15, 0.2) is 0 Å². The van der Waals surface area contributed by atoms with Crippen LogP contribution in [0, 0.1) is 11.3 Å². The summed E-state index contributed by atoms with van der Waals surface area (Å²) in [6, 6.07) is 2.81. The van der Waals surface area contributed by atoms with E-state index in [0.29, 0.717) is 12.5 Å². The van der Waals surface area contributed by atoms with Gasteiger partial charge in [-0.2, -0.15) is 5.26 Å². The minimum Gasteiger partial charge on any atom is -0.313 e. The summed E-state index contributed by atoms with van der Waals surface area (Å²) >= 11 is 0. The lowest BCUT2D eigenvalue weighted by Crippen LogP contribution is -2.42. The molecule has 0 atom stereocenters. The number of hydrogen-bond acceptors (Lipinski definition) is 3. The van der Waals surface area contributed by atoms with Gasteiger partial charge in [0, 0.05) is 19.0 Å². The number of nitrogens with one attached hydrogen (secondary N) is 1. The largest absolute Gasteiger partial charge is 0.313 e. The van der Waals surface area contributed by atoms with E-state index in [4.69, 9.17) is 5.26 Å². The van der Waals surface area contributed by atoms with Crippen LogP contribution < -0.4 is 5.32 Å². The van der Waals surface area contributed by atoms with Crippen molar-refractivity contribution in [2.75, 3.05) is 26.2 Å². The smallest absolute Gasteiger partial charge is 0.0635 e.